The summed E-state index contributed by atoms with van der Waals surface area (Å²) in [6.45, 7) is 16.1. The summed E-state index contributed by atoms with van der Waals surface area (Å²) in [6.07, 6.45) is 1.29. The summed E-state index contributed by atoms with van der Waals surface area (Å²) in [6, 6.07) is 14.4. The van der Waals surface area contributed by atoms with E-state index in [1.807, 2.05) is 0 Å². The zero-order chi connectivity index (χ0) is 18.1. The second kappa shape index (κ2) is 7.44. The van der Waals surface area contributed by atoms with Gasteiger partial charge in [0.05, 0.1) is 0 Å². The van der Waals surface area contributed by atoms with Crippen molar-refractivity contribution in [2.75, 3.05) is 0 Å². The van der Waals surface area contributed by atoms with E-state index in [0.717, 1.165) is 11.6 Å². The molecule has 0 N–H and O–H groups in total. The van der Waals surface area contributed by atoms with E-state index >= 15 is 0 Å². The molecule has 0 aromatic heterocycles. The van der Waals surface area contributed by atoms with Crippen LogP contribution >= 0.6 is 7.14 Å². The molecule has 0 fully saturated rings. The fraction of sp³-hybridized carbons (Fsp3) is 0.455. The van der Waals surface area contributed by atoms with Gasteiger partial charge in [-0.1, -0.05) is 0 Å². The summed E-state index contributed by atoms with van der Waals surface area (Å²) in [5.41, 5.74) is 6.30. The normalized spacial score (nSPS) is 14.0. The zero-order valence-corrected chi connectivity index (χ0v) is 17.8. The molecule has 0 heterocycles. The molecule has 0 spiro atoms. The molecule has 0 unspecified atom stereocenters. The van der Waals surface area contributed by atoms with E-state index in [4.69, 9.17) is 0 Å². The SMILES string of the molecule is B[PH](c1cc(C)cc(C)c1)(c1cc(C)cc(C)c1)[C@@H](C)CC(C)C. The summed E-state index contributed by atoms with van der Waals surface area (Å²) >= 11 is 0. The minimum atomic E-state index is -1.79. The first kappa shape index (κ1) is 19.3. The predicted octanol–water partition coefficient (Wildman–Crippen LogP) is 4.60. The summed E-state index contributed by atoms with van der Waals surface area (Å²) in [5.74, 6) is 0.739. The fourth-order valence-corrected chi connectivity index (χ4v) is 8.75. The second-order valence-electron chi connectivity index (χ2n) is 8.49. The fourth-order valence-electron chi connectivity index (χ4n) is 4.23. The summed E-state index contributed by atoms with van der Waals surface area (Å²) in [4.78, 5) is 0. The molecular weight excluding hydrogens is 306 g/mol. The van der Waals surface area contributed by atoms with Crippen molar-refractivity contribution in [3.8, 4) is 0 Å². The Labute approximate surface area is 150 Å². The Balaban J connectivity index is 2.68. The Bertz CT molecular complexity index is 626. The van der Waals surface area contributed by atoms with E-state index in [1.54, 1.807) is 10.6 Å². The van der Waals surface area contributed by atoms with Gasteiger partial charge in [0, 0.05) is 0 Å². The van der Waals surface area contributed by atoms with Gasteiger partial charge in [-0.05, 0) is 0 Å². The van der Waals surface area contributed by atoms with Crippen LogP contribution in [0.2, 0.25) is 0 Å². The molecule has 0 aliphatic carbocycles. The molecular formula is C22H34BP. The molecule has 2 aromatic carbocycles. The molecule has 0 aliphatic heterocycles. The van der Waals surface area contributed by atoms with Gasteiger partial charge in [0.2, 0.25) is 0 Å². The van der Waals surface area contributed by atoms with Gasteiger partial charge in [-0.3, -0.25) is 0 Å². The third-order valence-electron chi connectivity index (χ3n) is 5.45. The van der Waals surface area contributed by atoms with Gasteiger partial charge in [-0.2, -0.15) is 0 Å². The molecule has 0 radical (unpaired) electrons. The summed E-state index contributed by atoms with van der Waals surface area (Å²) in [7, 11) is 0.792. The number of hydrogen-bond donors (Lipinski definition) is 0. The number of rotatable bonds is 5. The zero-order valence-electron chi connectivity index (χ0n) is 16.8. The molecule has 0 saturated heterocycles. The van der Waals surface area contributed by atoms with Gasteiger partial charge in [0.1, 0.15) is 0 Å². The minimum absolute atomic E-state index is 0.722. The van der Waals surface area contributed by atoms with Crippen LogP contribution in [0, 0.1) is 33.6 Å². The van der Waals surface area contributed by atoms with Crippen molar-refractivity contribution >= 4 is 25.3 Å². The molecule has 2 heteroatoms. The topological polar surface area (TPSA) is 0 Å². The van der Waals surface area contributed by atoms with Crippen LogP contribution in [0.5, 0.6) is 0 Å². The molecule has 1 atom stereocenters. The van der Waals surface area contributed by atoms with Gasteiger partial charge in [-0.15, -0.1) is 0 Å². The van der Waals surface area contributed by atoms with E-state index in [0.29, 0.717) is 0 Å². The Hall–Kier alpha value is -1.07. The first-order valence-corrected chi connectivity index (χ1v) is 11.9. The molecule has 24 heavy (non-hydrogen) atoms. The van der Waals surface area contributed by atoms with Gasteiger partial charge >= 0.3 is 150 Å². The van der Waals surface area contributed by atoms with Gasteiger partial charge < -0.3 is 0 Å². The van der Waals surface area contributed by atoms with Crippen LogP contribution in [0.25, 0.3) is 0 Å². The third kappa shape index (κ3) is 4.12. The van der Waals surface area contributed by atoms with E-state index < -0.39 is 7.14 Å². The van der Waals surface area contributed by atoms with Gasteiger partial charge in [0.25, 0.3) is 0 Å². The molecule has 0 amide bonds. The monoisotopic (exact) mass is 340 g/mol. The number of aryl methyl sites for hydroxylation is 4. The Kier molecular flexibility index (Phi) is 5.98. The van der Waals surface area contributed by atoms with Crippen LogP contribution in [0.1, 0.15) is 49.4 Å². The van der Waals surface area contributed by atoms with E-state index in [-0.39, 0.29) is 0 Å². The average molecular weight is 340 g/mol. The number of hydrogen-bond acceptors (Lipinski definition) is 0. The van der Waals surface area contributed by atoms with Crippen molar-refractivity contribution in [1.82, 2.24) is 0 Å². The molecule has 2 aromatic rings. The van der Waals surface area contributed by atoms with Crippen molar-refractivity contribution in [1.29, 1.82) is 0 Å². The van der Waals surface area contributed by atoms with Gasteiger partial charge in [-0.25, -0.2) is 0 Å². The van der Waals surface area contributed by atoms with Crippen LogP contribution in [-0.4, -0.2) is 13.2 Å². The van der Waals surface area contributed by atoms with E-state index in [2.05, 4.69) is 92.4 Å². The van der Waals surface area contributed by atoms with Crippen molar-refractivity contribution in [3.05, 3.63) is 58.7 Å². The Morgan fingerprint density at radius 3 is 1.33 bits per heavy atom. The van der Waals surface area contributed by atoms with Crippen LogP contribution in [0.4, 0.5) is 0 Å². The average Bonchev–Trinajstić information content (AvgIpc) is 2.43. The van der Waals surface area contributed by atoms with Crippen molar-refractivity contribution < 1.29 is 0 Å². The van der Waals surface area contributed by atoms with Crippen molar-refractivity contribution in [3.63, 3.8) is 0 Å². The van der Waals surface area contributed by atoms with Crippen molar-refractivity contribution in [2.45, 2.75) is 60.5 Å². The van der Waals surface area contributed by atoms with Crippen LogP contribution in [-0.2, 0) is 0 Å². The third-order valence-corrected chi connectivity index (χ3v) is 10.6. The molecule has 130 valence electrons. The molecule has 0 nitrogen and oxygen atoms in total. The standard InChI is InChI=1S/C22H34BP/c1-15(2)8-20(7)24(23,21-11-16(3)9-17(4)12-21)22-13-18(5)10-19(6)14-22/h9-15,20,24H,8,23H2,1-7H3/t20-/m0/s1. The van der Waals surface area contributed by atoms with E-state index in [1.165, 1.54) is 28.7 Å². The molecule has 0 bridgehead atoms. The Morgan fingerprint density at radius 1 is 0.708 bits per heavy atom. The van der Waals surface area contributed by atoms with Crippen LogP contribution < -0.4 is 10.6 Å². The molecule has 0 aliphatic rings. The van der Waals surface area contributed by atoms with Crippen molar-refractivity contribution in [2.24, 2.45) is 5.92 Å². The maximum atomic E-state index is 2.59. The first-order valence-electron chi connectivity index (χ1n) is 9.30. The second-order valence-corrected chi connectivity index (χ2v) is 13.0. The summed E-state index contributed by atoms with van der Waals surface area (Å²) in [5, 5.41) is 3.19. The first-order chi connectivity index (χ1) is 11.1. The number of benzene rings is 2. The van der Waals surface area contributed by atoms with Gasteiger partial charge in [0.15, 0.2) is 0 Å². The summed E-state index contributed by atoms with van der Waals surface area (Å²) < 4.78 is 0. The maximum absolute atomic E-state index is 2.59. The quantitative estimate of drug-likeness (QED) is 0.551. The van der Waals surface area contributed by atoms with Crippen LogP contribution in [0.3, 0.4) is 0 Å². The van der Waals surface area contributed by atoms with Crippen LogP contribution in [0.15, 0.2) is 36.4 Å². The van der Waals surface area contributed by atoms with E-state index in [9.17, 15) is 0 Å². The molecule has 0 saturated carbocycles. The molecule has 2 rings (SSSR count). The Morgan fingerprint density at radius 2 is 1.04 bits per heavy atom. The predicted molar refractivity (Wildman–Crippen MR) is 117 cm³/mol.